The van der Waals surface area contributed by atoms with E-state index in [1.54, 1.807) is 13.0 Å². The van der Waals surface area contributed by atoms with Gasteiger partial charge in [-0.3, -0.25) is 14.9 Å². The zero-order valence-corrected chi connectivity index (χ0v) is 13.3. The molecule has 1 amide bonds. The number of amides is 1. The van der Waals surface area contributed by atoms with Gasteiger partial charge in [0.1, 0.15) is 5.82 Å². The molecule has 2 rings (SSSR count). The van der Waals surface area contributed by atoms with Crippen LogP contribution in [0, 0.1) is 15.9 Å². The fraction of sp³-hybridized carbons (Fsp3) is 0.176. The molecule has 0 saturated heterocycles. The number of carbonyl (C=O) groups excluding carboxylic acids is 2. The Balaban J connectivity index is 2.24. The van der Waals surface area contributed by atoms with Gasteiger partial charge in [-0.25, -0.2) is 9.18 Å². The Morgan fingerprint density at radius 2 is 1.88 bits per heavy atom. The number of nitro benzene ring substituents is 1. The van der Waals surface area contributed by atoms with Crippen LogP contribution in [0.4, 0.5) is 10.1 Å². The molecule has 0 radical (unpaired) electrons. The molecule has 0 aliphatic rings. The van der Waals surface area contributed by atoms with Gasteiger partial charge in [0.05, 0.1) is 17.1 Å². The van der Waals surface area contributed by atoms with Crippen molar-refractivity contribution in [2.45, 2.75) is 13.5 Å². The molecule has 25 heavy (non-hydrogen) atoms. The summed E-state index contributed by atoms with van der Waals surface area (Å²) in [6.45, 7) is 1.59. The number of nitrogens with one attached hydrogen (secondary N) is 1. The van der Waals surface area contributed by atoms with Gasteiger partial charge in [-0.1, -0.05) is 18.2 Å². The van der Waals surface area contributed by atoms with Crippen molar-refractivity contribution >= 4 is 17.6 Å². The third-order valence-electron chi connectivity index (χ3n) is 3.30. The SMILES string of the molecule is CCOC(=O)c1cc(C(=O)NCc2ccccc2F)cc([N+](=O)[O-])c1. The molecule has 7 nitrogen and oxygen atoms in total. The molecule has 0 spiro atoms. The van der Waals surface area contributed by atoms with Gasteiger partial charge >= 0.3 is 5.97 Å². The third kappa shape index (κ3) is 4.60. The monoisotopic (exact) mass is 346 g/mol. The number of esters is 1. The summed E-state index contributed by atoms with van der Waals surface area (Å²) >= 11 is 0. The summed E-state index contributed by atoms with van der Waals surface area (Å²) in [7, 11) is 0. The van der Waals surface area contributed by atoms with Crippen LogP contribution in [0.3, 0.4) is 0 Å². The van der Waals surface area contributed by atoms with Crippen molar-refractivity contribution in [2.75, 3.05) is 6.61 Å². The Hall–Kier alpha value is -3.29. The van der Waals surface area contributed by atoms with Crippen molar-refractivity contribution < 1.29 is 23.6 Å². The molecular formula is C17H15FN2O5. The molecule has 2 aromatic carbocycles. The number of nitrogens with zero attached hydrogens (tertiary/aromatic N) is 1. The van der Waals surface area contributed by atoms with Gasteiger partial charge in [0.25, 0.3) is 11.6 Å². The van der Waals surface area contributed by atoms with Gasteiger partial charge in [-0.15, -0.1) is 0 Å². The van der Waals surface area contributed by atoms with Crippen LogP contribution >= 0.6 is 0 Å². The minimum absolute atomic E-state index is 0.0893. The zero-order valence-electron chi connectivity index (χ0n) is 13.3. The highest BCUT2D eigenvalue weighted by Crippen LogP contribution is 2.18. The van der Waals surface area contributed by atoms with Gasteiger partial charge in [0.15, 0.2) is 0 Å². The van der Waals surface area contributed by atoms with E-state index in [-0.39, 0.29) is 29.8 Å². The molecule has 8 heteroatoms. The Labute approximate surface area is 142 Å². The quantitative estimate of drug-likeness (QED) is 0.493. The minimum atomic E-state index is -0.769. The lowest BCUT2D eigenvalue weighted by atomic mass is 10.1. The van der Waals surface area contributed by atoms with Crippen molar-refractivity contribution in [3.05, 3.63) is 75.1 Å². The van der Waals surface area contributed by atoms with Gasteiger partial charge < -0.3 is 10.1 Å². The van der Waals surface area contributed by atoms with E-state index in [9.17, 15) is 24.1 Å². The van der Waals surface area contributed by atoms with Crippen LogP contribution in [0.15, 0.2) is 42.5 Å². The first kappa shape index (κ1) is 18.1. The van der Waals surface area contributed by atoms with Gasteiger partial charge in [-0.05, 0) is 19.1 Å². The van der Waals surface area contributed by atoms with E-state index in [2.05, 4.69) is 5.32 Å². The molecule has 0 saturated carbocycles. The molecule has 2 aromatic rings. The first-order chi connectivity index (χ1) is 11.9. The van der Waals surface area contributed by atoms with Crippen LogP contribution in [0.5, 0.6) is 0 Å². The molecule has 0 heterocycles. The van der Waals surface area contributed by atoms with E-state index >= 15 is 0 Å². The van der Waals surface area contributed by atoms with Crippen molar-refractivity contribution in [1.82, 2.24) is 5.32 Å². The lowest BCUT2D eigenvalue weighted by molar-refractivity contribution is -0.384. The second kappa shape index (κ2) is 8.00. The first-order valence-electron chi connectivity index (χ1n) is 7.40. The molecule has 0 bridgehead atoms. The zero-order chi connectivity index (χ0) is 18.4. The number of rotatable bonds is 6. The number of hydrogen-bond acceptors (Lipinski definition) is 5. The van der Waals surface area contributed by atoms with E-state index in [0.717, 1.165) is 12.1 Å². The second-order valence-electron chi connectivity index (χ2n) is 5.02. The average molecular weight is 346 g/mol. The maximum Gasteiger partial charge on any atom is 0.338 e. The van der Waals surface area contributed by atoms with E-state index in [1.807, 2.05) is 0 Å². The van der Waals surface area contributed by atoms with Crippen molar-refractivity contribution in [2.24, 2.45) is 0 Å². The smallest absolute Gasteiger partial charge is 0.338 e. The molecule has 0 unspecified atom stereocenters. The summed E-state index contributed by atoms with van der Waals surface area (Å²) in [6.07, 6.45) is 0. The highest BCUT2D eigenvalue weighted by molar-refractivity contribution is 5.99. The normalized spacial score (nSPS) is 10.2. The minimum Gasteiger partial charge on any atom is -0.462 e. The molecule has 0 aromatic heterocycles. The van der Waals surface area contributed by atoms with Gasteiger partial charge in [0.2, 0.25) is 0 Å². The highest BCUT2D eigenvalue weighted by Gasteiger charge is 2.18. The lowest BCUT2D eigenvalue weighted by Crippen LogP contribution is -2.24. The Morgan fingerprint density at radius 1 is 1.20 bits per heavy atom. The fourth-order valence-electron chi connectivity index (χ4n) is 2.10. The van der Waals surface area contributed by atoms with Crippen LogP contribution in [-0.2, 0) is 11.3 Å². The number of hydrogen-bond donors (Lipinski definition) is 1. The van der Waals surface area contributed by atoms with E-state index in [1.165, 1.54) is 24.3 Å². The van der Waals surface area contributed by atoms with Crippen molar-refractivity contribution in [1.29, 1.82) is 0 Å². The number of halogens is 1. The van der Waals surface area contributed by atoms with Gasteiger partial charge in [-0.2, -0.15) is 0 Å². The second-order valence-corrected chi connectivity index (χ2v) is 5.02. The predicted octanol–water partition coefficient (Wildman–Crippen LogP) is 2.84. The predicted molar refractivity (Wildman–Crippen MR) is 86.6 cm³/mol. The molecule has 0 atom stereocenters. The molecule has 0 fully saturated rings. The van der Waals surface area contributed by atoms with Crippen LogP contribution in [0.25, 0.3) is 0 Å². The maximum atomic E-state index is 13.6. The fourth-order valence-corrected chi connectivity index (χ4v) is 2.10. The number of carbonyl (C=O) groups is 2. The largest absolute Gasteiger partial charge is 0.462 e. The molecule has 1 N–H and O–H groups in total. The summed E-state index contributed by atoms with van der Waals surface area (Å²) in [4.78, 5) is 34.3. The number of non-ortho nitro benzene ring substituents is 1. The van der Waals surface area contributed by atoms with E-state index in [0.29, 0.717) is 0 Å². The van der Waals surface area contributed by atoms with E-state index < -0.39 is 28.3 Å². The Kier molecular flexibility index (Phi) is 5.78. The average Bonchev–Trinajstić information content (AvgIpc) is 2.60. The number of nitro groups is 1. The summed E-state index contributed by atoms with van der Waals surface area (Å²) in [5, 5.41) is 13.5. The first-order valence-corrected chi connectivity index (χ1v) is 7.40. The van der Waals surface area contributed by atoms with E-state index in [4.69, 9.17) is 4.74 Å². The van der Waals surface area contributed by atoms with Crippen LogP contribution in [0.1, 0.15) is 33.2 Å². The standard InChI is InChI=1S/C17H15FN2O5/c1-2-25-17(22)13-7-12(8-14(9-13)20(23)24)16(21)19-10-11-5-3-4-6-15(11)18/h3-9H,2,10H2,1H3,(H,19,21). The van der Waals surface area contributed by atoms with Gasteiger partial charge in [0, 0.05) is 29.8 Å². The molecular weight excluding hydrogens is 331 g/mol. The van der Waals surface area contributed by atoms with Crippen LogP contribution in [0.2, 0.25) is 0 Å². The van der Waals surface area contributed by atoms with Crippen LogP contribution < -0.4 is 5.32 Å². The summed E-state index contributed by atoms with van der Waals surface area (Å²) in [6, 6.07) is 9.18. The third-order valence-corrected chi connectivity index (χ3v) is 3.30. The van der Waals surface area contributed by atoms with Crippen LogP contribution in [-0.4, -0.2) is 23.4 Å². The topological polar surface area (TPSA) is 98.5 Å². The van der Waals surface area contributed by atoms with Crippen molar-refractivity contribution in [3.63, 3.8) is 0 Å². The Morgan fingerprint density at radius 3 is 2.52 bits per heavy atom. The van der Waals surface area contributed by atoms with Crippen molar-refractivity contribution in [3.8, 4) is 0 Å². The number of benzene rings is 2. The molecule has 0 aliphatic heterocycles. The molecule has 0 aliphatic carbocycles. The summed E-state index contributed by atoms with van der Waals surface area (Å²) in [5.74, 6) is -1.92. The summed E-state index contributed by atoms with van der Waals surface area (Å²) in [5.41, 5.74) is -0.339. The lowest BCUT2D eigenvalue weighted by Gasteiger charge is -2.08. The number of ether oxygens (including phenoxy) is 1. The molecule has 130 valence electrons. The summed E-state index contributed by atoms with van der Waals surface area (Å²) < 4.78 is 18.4. The maximum absolute atomic E-state index is 13.6. The Bertz CT molecular complexity index is 822. The highest BCUT2D eigenvalue weighted by atomic mass is 19.1.